The molecule has 4 nitrogen and oxygen atoms in total. The average molecular weight is 979 g/mol. The van der Waals surface area contributed by atoms with E-state index >= 15 is 0 Å². The maximum absolute atomic E-state index is 12.5. The summed E-state index contributed by atoms with van der Waals surface area (Å²) in [7, 11) is 0. The predicted molar refractivity (Wildman–Crippen MR) is 313 cm³/mol. The van der Waals surface area contributed by atoms with Gasteiger partial charge in [-0.2, -0.15) is 0 Å². The summed E-state index contributed by atoms with van der Waals surface area (Å²) in [4.78, 5) is 12.5. The Morgan fingerprint density at radius 1 is 0.343 bits per heavy atom. The molecule has 1 amide bonds. The van der Waals surface area contributed by atoms with Crippen molar-refractivity contribution in [3.63, 3.8) is 0 Å². The van der Waals surface area contributed by atoms with E-state index in [1.54, 1.807) is 6.08 Å². The molecule has 4 heteroatoms. The second-order valence-corrected chi connectivity index (χ2v) is 21.5. The molecular weight excluding hydrogens is 855 g/mol. The molecule has 0 heterocycles. The number of unbranched alkanes of at least 4 members (excludes halogenated alkanes) is 43. The van der Waals surface area contributed by atoms with Gasteiger partial charge in [0.25, 0.3) is 0 Å². The van der Waals surface area contributed by atoms with Gasteiger partial charge < -0.3 is 15.5 Å². The van der Waals surface area contributed by atoms with Gasteiger partial charge in [-0.05, 0) is 77.0 Å². The summed E-state index contributed by atoms with van der Waals surface area (Å²) < 4.78 is 0. The van der Waals surface area contributed by atoms with E-state index in [0.717, 1.165) is 44.9 Å². The Morgan fingerprint density at radius 3 is 0.914 bits per heavy atom. The van der Waals surface area contributed by atoms with E-state index in [-0.39, 0.29) is 12.5 Å². The van der Waals surface area contributed by atoms with Crippen LogP contribution in [0.2, 0.25) is 0 Å². The number of rotatable bonds is 58. The van der Waals surface area contributed by atoms with Crippen LogP contribution < -0.4 is 5.32 Å². The fraction of sp³-hybridized carbons (Fsp3) is 0.833. The maximum Gasteiger partial charge on any atom is 0.220 e. The van der Waals surface area contributed by atoms with E-state index in [1.807, 2.05) is 6.08 Å². The lowest BCUT2D eigenvalue weighted by Gasteiger charge is -2.19. The Kier molecular flexibility index (Phi) is 59.7. The summed E-state index contributed by atoms with van der Waals surface area (Å²) in [5.74, 6) is -0.0728. The van der Waals surface area contributed by atoms with Crippen molar-refractivity contribution in [1.29, 1.82) is 0 Å². The van der Waals surface area contributed by atoms with Gasteiger partial charge in [-0.15, -0.1) is 0 Å². The third-order valence-electron chi connectivity index (χ3n) is 14.5. The highest BCUT2D eigenvalue weighted by atomic mass is 16.3. The summed E-state index contributed by atoms with van der Waals surface area (Å²) in [6.07, 6.45) is 87.1. The van der Waals surface area contributed by atoms with E-state index in [4.69, 9.17) is 0 Å². The molecule has 0 aromatic rings. The van der Waals surface area contributed by atoms with Crippen molar-refractivity contribution in [2.45, 2.75) is 347 Å². The largest absolute Gasteiger partial charge is 0.394 e. The molecule has 0 fully saturated rings. The van der Waals surface area contributed by atoms with Crippen molar-refractivity contribution in [3.8, 4) is 0 Å². The SMILES string of the molecule is CCCCCCC/C=C\C/C=C\CCCCCCCCCCCCCCCCCCCCCCCCCCCC(=O)NC(CO)C(O)/C=C/CC/C=C/CC/C=C/CCCCCCCCCCCCC. The van der Waals surface area contributed by atoms with Crippen molar-refractivity contribution in [2.24, 2.45) is 0 Å². The van der Waals surface area contributed by atoms with Crippen LogP contribution in [0.4, 0.5) is 0 Å². The first-order valence-corrected chi connectivity index (χ1v) is 31.5. The molecule has 0 bridgehead atoms. The van der Waals surface area contributed by atoms with E-state index in [9.17, 15) is 15.0 Å². The first-order chi connectivity index (χ1) is 34.7. The fourth-order valence-electron chi connectivity index (χ4n) is 9.66. The lowest BCUT2D eigenvalue weighted by Crippen LogP contribution is -2.45. The van der Waals surface area contributed by atoms with E-state index < -0.39 is 12.1 Å². The average Bonchev–Trinajstić information content (AvgIpc) is 3.36. The van der Waals surface area contributed by atoms with Crippen LogP contribution in [0.1, 0.15) is 335 Å². The van der Waals surface area contributed by atoms with Gasteiger partial charge in [0.2, 0.25) is 5.91 Å². The molecule has 0 saturated heterocycles. The minimum absolute atomic E-state index is 0.0728. The van der Waals surface area contributed by atoms with Crippen LogP contribution in [-0.2, 0) is 4.79 Å². The van der Waals surface area contributed by atoms with Gasteiger partial charge >= 0.3 is 0 Å². The number of carbonyl (C=O) groups is 1. The molecule has 0 aliphatic rings. The van der Waals surface area contributed by atoms with Crippen LogP contribution in [0, 0.1) is 0 Å². The van der Waals surface area contributed by atoms with Gasteiger partial charge in [0, 0.05) is 6.42 Å². The van der Waals surface area contributed by atoms with Crippen molar-refractivity contribution in [1.82, 2.24) is 5.32 Å². The number of hydrogen-bond acceptors (Lipinski definition) is 3. The van der Waals surface area contributed by atoms with Crippen molar-refractivity contribution >= 4 is 5.91 Å². The van der Waals surface area contributed by atoms with Gasteiger partial charge in [0.1, 0.15) is 0 Å². The fourth-order valence-corrected chi connectivity index (χ4v) is 9.66. The minimum Gasteiger partial charge on any atom is -0.394 e. The van der Waals surface area contributed by atoms with Gasteiger partial charge in [-0.3, -0.25) is 4.79 Å². The van der Waals surface area contributed by atoms with Crippen LogP contribution in [0.15, 0.2) is 60.8 Å². The normalized spacial score (nSPS) is 13.1. The summed E-state index contributed by atoms with van der Waals surface area (Å²) in [5, 5.41) is 23.2. The number of aliphatic hydroxyl groups excluding tert-OH is 2. The third-order valence-corrected chi connectivity index (χ3v) is 14.5. The van der Waals surface area contributed by atoms with Crippen LogP contribution >= 0.6 is 0 Å². The molecule has 0 aromatic heterocycles. The molecule has 0 aliphatic heterocycles. The number of nitrogens with one attached hydrogen (secondary N) is 1. The van der Waals surface area contributed by atoms with Gasteiger partial charge in [-0.1, -0.05) is 312 Å². The number of allylic oxidation sites excluding steroid dienone is 9. The lowest BCUT2D eigenvalue weighted by atomic mass is 10.0. The van der Waals surface area contributed by atoms with Gasteiger partial charge in [-0.25, -0.2) is 0 Å². The highest BCUT2D eigenvalue weighted by Gasteiger charge is 2.18. The molecular formula is C66H123NO3. The first-order valence-electron chi connectivity index (χ1n) is 31.5. The topological polar surface area (TPSA) is 69.6 Å². The minimum atomic E-state index is -0.871. The summed E-state index contributed by atoms with van der Waals surface area (Å²) in [6.45, 7) is 4.31. The molecule has 0 aliphatic carbocycles. The molecule has 410 valence electrons. The first kappa shape index (κ1) is 68.1. The highest BCUT2D eigenvalue weighted by molar-refractivity contribution is 5.76. The zero-order valence-electron chi connectivity index (χ0n) is 47.3. The Balaban J connectivity index is 3.46. The third kappa shape index (κ3) is 57.0. The van der Waals surface area contributed by atoms with Crippen molar-refractivity contribution in [3.05, 3.63) is 60.8 Å². The number of aliphatic hydroxyl groups is 2. The van der Waals surface area contributed by atoms with Gasteiger partial charge in [0.05, 0.1) is 18.8 Å². The summed E-state index contributed by atoms with van der Waals surface area (Å²) >= 11 is 0. The van der Waals surface area contributed by atoms with Gasteiger partial charge in [0.15, 0.2) is 0 Å². The van der Waals surface area contributed by atoms with Crippen molar-refractivity contribution < 1.29 is 15.0 Å². The van der Waals surface area contributed by atoms with Crippen LogP contribution in [0.25, 0.3) is 0 Å². The lowest BCUT2D eigenvalue weighted by molar-refractivity contribution is -0.123. The highest BCUT2D eigenvalue weighted by Crippen LogP contribution is 2.17. The Labute approximate surface area is 438 Å². The second-order valence-electron chi connectivity index (χ2n) is 21.5. The number of amides is 1. The van der Waals surface area contributed by atoms with Crippen LogP contribution in [0.3, 0.4) is 0 Å². The number of hydrogen-bond donors (Lipinski definition) is 3. The molecule has 3 N–H and O–H groups in total. The monoisotopic (exact) mass is 978 g/mol. The molecule has 70 heavy (non-hydrogen) atoms. The smallest absolute Gasteiger partial charge is 0.220 e. The zero-order chi connectivity index (χ0) is 50.6. The second kappa shape index (κ2) is 61.4. The maximum atomic E-state index is 12.5. The summed E-state index contributed by atoms with van der Waals surface area (Å²) in [5.41, 5.74) is 0. The molecule has 0 spiro atoms. The Morgan fingerprint density at radius 2 is 0.600 bits per heavy atom. The number of carbonyl (C=O) groups excluding carboxylic acids is 1. The molecule has 0 saturated carbocycles. The Hall–Kier alpha value is -1.91. The quantitative estimate of drug-likeness (QED) is 0.0420. The van der Waals surface area contributed by atoms with Crippen LogP contribution in [0.5, 0.6) is 0 Å². The predicted octanol–water partition coefficient (Wildman–Crippen LogP) is 21.2. The molecule has 2 unspecified atom stereocenters. The molecule has 0 rings (SSSR count). The summed E-state index contributed by atoms with van der Waals surface area (Å²) in [6, 6.07) is -0.646. The molecule has 0 radical (unpaired) electrons. The van der Waals surface area contributed by atoms with E-state index in [0.29, 0.717) is 6.42 Å². The van der Waals surface area contributed by atoms with Crippen molar-refractivity contribution in [2.75, 3.05) is 6.61 Å². The van der Waals surface area contributed by atoms with Crippen LogP contribution in [-0.4, -0.2) is 34.9 Å². The van der Waals surface area contributed by atoms with E-state index in [2.05, 4.69) is 67.8 Å². The molecule has 2 atom stereocenters. The standard InChI is InChI=1S/C66H123NO3/c1-3-5-7-9-11-13-15-17-19-21-23-25-26-27-28-29-30-31-32-33-34-35-36-37-38-39-40-42-44-46-48-50-52-54-56-58-60-62-66(70)67-64(63-68)65(69)61-59-57-55-53-51-49-47-45-43-41-24-22-20-18-16-14-12-10-8-6-4-2/h15,17,21,23,43,45,51,53,59,61,64-65,68-69H,3-14,16,18-20,22,24-42,44,46-50,52,54-58,60,62-63H2,1-2H3,(H,67,70)/b17-15-,23-21-,45-43+,53-51+,61-59+. The molecule has 0 aromatic carbocycles. The Bertz CT molecular complexity index is 1150. The van der Waals surface area contributed by atoms with E-state index in [1.165, 1.54) is 270 Å². The zero-order valence-corrected chi connectivity index (χ0v) is 47.3.